The van der Waals surface area contributed by atoms with Crippen molar-refractivity contribution in [3.05, 3.63) is 88.0 Å². The number of aromatic amines is 1. The van der Waals surface area contributed by atoms with Gasteiger partial charge in [-0.25, -0.2) is 14.2 Å². The molecule has 2 aromatic heterocycles. The summed E-state index contributed by atoms with van der Waals surface area (Å²) in [4.78, 5) is 19.4. The molecule has 0 amide bonds. The number of amidine groups is 1. The first kappa shape index (κ1) is 23.3. The lowest BCUT2D eigenvalue weighted by Crippen LogP contribution is -2.17. The first-order valence-electron chi connectivity index (χ1n) is 10.3. The quantitative estimate of drug-likeness (QED) is 0.189. The van der Waals surface area contributed by atoms with E-state index in [-0.39, 0.29) is 34.5 Å². The summed E-state index contributed by atoms with van der Waals surface area (Å²) in [5.74, 6) is 0.0173. The molecule has 4 aromatic rings. The Bertz CT molecular complexity index is 1430. The Morgan fingerprint density at radius 2 is 1.86 bits per heavy atom. The van der Waals surface area contributed by atoms with Gasteiger partial charge in [0, 0.05) is 29.1 Å². The van der Waals surface area contributed by atoms with Gasteiger partial charge < -0.3 is 26.3 Å². The normalized spacial score (nSPS) is 11.6. The minimum Gasteiger partial charge on any atom is -0.493 e. The minimum atomic E-state index is -0.954. The lowest BCUT2D eigenvalue weighted by molar-refractivity contribution is 0.351. The smallest absolute Gasteiger partial charge is 0.348 e. The van der Waals surface area contributed by atoms with Crippen molar-refractivity contribution in [2.24, 2.45) is 5.73 Å². The number of pyridine rings is 1. The third kappa shape index (κ3) is 4.62. The van der Waals surface area contributed by atoms with Crippen molar-refractivity contribution in [1.82, 2.24) is 19.7 Å². The summed E-state index contributed by atoms with van der Waals surface area (Å²) in [5.41, 5.74) is 12.4. The second-order valence-corrected chi connectivity index (χ2v) is 7.43. The molecule has 0 aliphatic heterocycles. The largest absolute Gasteiger partial charge is 0.493 e. The van der Waals surface area contributed by atoms with Gasteiger partial charge in [-0.2, -0.15) is 4.68 Å². The molecule has 0 aliphatic carbocycles. The lowest BCUT2D eigenvalue weighted by atomic mass is 10.0. The number of nitrogens with two attached hydrogens (primary N) is 2. The SMILES string of the molecule is COc1cc(F)c(C(Nc2ccc(C(=N)N)cc2)c2nn(-c3cccnc3N)c(=O)[nH]2)cc1OC. The number of nitrogens with one attached hydrogen (secondary N) is 3. The van der Waals surface area contributed by atoms with Crippen LogP contribution in [0.4, 0.5) is 15.9 Å². The van der Waals surface area contributed by atoms with Gasteiger partial charge in [-0.05, 0) is 42.5 Å². The molecule has 12 heteroatoms. The fourth-order valence-electron chi connectivity index (χ4n) is 3.52. The molecule has 0 saturated heterocycles. The van der Waals surface area contributed by atoms with E-state index >= 15 is 4.39 Å². The van der Waals surface area contributed by atoms with Crippen molar-refractivity contribution in [3.8, 4) is 17.2 Å². The highest BCUT2D eigenvalue weighted by Crippen LogP contribution is 2.35. The number of methoxy groups -OCH3 is 2. The number of H-pyrrole nitrogens is 1. The van der Waals surface area contributed by atoms with Crippen LogP contribution in [0.25, 0.3) is 5.69 Å². The first-order chi connectivity index (χ1) is 16.8. The zero-order valence-electron chi connectivity index (χ0n) is 18.9. The van der Waals surface area contributed by atoms with Crippen LogP contribution >= 0.6 is 0 Å². The van der Waals surface area contributed by atoms with E-state index in [2.05, 4.69) is 20.4 Å². The number of anilines is 2. The molecule has 0 spiro atoms. The first-order valence-corrected chi connectivity index (χ1v) is 10.3. The highest BCUT2D eigenvalue weighted by Gasteiger charge is 2.26. The van der Waals surface area contributed by atoms with E-state index in [0.29, 0.717) is 17.0 Å². The molecule has 0 radical (unpaired) electrons. The topological polar surface area (TPSA) is 170 Å². The molecule has 4 rings (SSSR count). The van der Waals surface area contributed by atoms with Gasteiger partial charge in [0.05, 0.1) is 14.2 Å². The molecule has 0 aliphatic rings. The number of nitrogens with zero attached hydrogens (tertiary/aromatic N) is 3. The summed E-state index contributed by atoms with van der Waals surface area (Å²) in [6.07, 6.45) is 1.49. The van der Waals surface area contributed by atoms with Gasteiger partial charge in [0.1, 0.15) is 29.2 Å². The van der Waals surface area contributed by atoms with Crippen LogP contribution in [0.2, 0.25) is 0 Å². The summed E-state index contributed by atoms with van der Waals surface area (Å²) in [5, 5.41) is 15.1. The molecule has 0 fully saturated rings. The average Bonchev–Trinajstić information content (AvgIpc) is 3.24. The molecular weight excluding hydrogens is 455 g/mol. The third-order valence-electron chi connectivity index (χ3n) is 5.27. The lowest BCUT2D eigenvalue weighted by Gasteiger charge is -2.20. The molecule has 180 valence electrons. The second kappa shape index (κ2) is 9.55. The van der Waals surface area contributed by atoms with Crippen LogP contribution in [0.5, 0.6) is 11.5 Å². The maximum absolute atomic E-state index is 15.3. The van der Waals surface area contributed by atoms with E-state index in [1.165, 1.54) is 32.5 Å². The molecule has 0 saturated carbocycles. The summed E-state index contributed by atoms with van der Waals surface area (Å²) < 4.78 is 26.9. The molecule has 11 nitrogen and oxygen atoms in total. The van der Waals surface area contributed by atoms with E-state index < -0.39 is 17.5 Å². The Kier molecular flexibility index (Phi) is 6.36. The second-order valence-electron chi connectivity index (χ2n) is 7.43. The number of nitrogen functional groups attached to an aromatic ring is 2. The number of ether oxygens (including phenoxy) is 2. The Morgan fingerprint density at radius 1 is 1.17 bits per heavy atom. The molecular formula is C23H23FN8O3. The molecule has 35 heavy (non-hydrogen) atoms. The zero-order chi connectivity index (χ0) is 25.1. The fourth-order valence-corrected chi connectivity index (χ4v) is 3.52. The van der Waals surface area contributed by atoms with Crippen LogP contribution in [-0.2, 0) is 0 Å². The van der Waals surface area contributed by atoms with Gasteiger partial charge in [-0.15, -0.1) is 5.10 Å². The molecule has 1 atom stereocenters. The molecule has 7 N–H and O–H groups in total. The summed E-state index contributed by atoms with van der Waals surface area (Å²) in [6.45, 7) is 0. The van der Waals surface area contributed by atoms with Gasteiger partial charge in [-0.1, -0.05) is 0 Å². The number of halogens is 1. The number of hydrogen-bond acceptors (Lipinski definition) is 8. The van der Waals surface area contributed by atoms with E-state index in [9.17, 15) is 4.79 Å². The van der Waals surface area contributed by atoms with Crippen LogP contribution < -0.4 is 31.9 Å². The molecule has 2 heterocycles. The van der Waals surface area contributed by atoms with E-state index in [1.54, 1.807) is 36.4 Å². The van der Waals surface area contributed by atoms with E-state index in [0.717, 1.165) is 4.68 Å². The molecule has 0 bridgehead atoms. The van der Waals surface area contributed by atoms with Crippen molar-refractivity contribution >= 4 is 17.3 Å². The van der Waals surface area contributed by atoms with E-state index in [1.807, 2.05) is 0 Å². The van der Waals surface area contributed by atoms with Crippen LogP contribution in [0.3, 0.4) is 0 Å². The van der Waals surface area contributed by atoms with Crippen LogP contribution in [-0.4, -0.2) is 39.8 Å². The Labute approximate surface area is 199 Å². The molecule has 1 unspecified atom stereocenters. The summed E-state index contributed by atoms with van der Waals surface area (Å²) in [7, 11) is 2.84. The van der Waals surface area contributed by atoms with Gasteiger partial charge in [0.25, 0.3) is 0 Å². The van der Waals surface area contributed by atoms with Gasteiger partial charge in [-0.3, -0.25) is 10.4 Å². The Hall–Kier alpha value is -4.87. The van der Waals surface area contributed by atoms with Crippen molar-refractivity contribution < 1.29 is 13.9 Å². The maximum Gasteiger partial charge on any atom is 0.348 e. The summed E-state index contributed by atoms with van der Waals surface area (Å²) >= 11 is 0. The highest BCUT2D eigenvalue weighted by molar-refractivity contribution is 5.95. The van der Waals surface area contributed by atoms with Crippen molar-refractivity contribution in [2.45, 2.75) is 6.04 Å². The summed E-state index contributed by atoms with van der Waals surface area (Å²) in [6, 6.07) is 11.6. The third-order valence-corrected chi connectivity index (χ3v) is 5.27. The van der Waals surface area contributed by atoms with Gasteiger partial charge in [0.2, 0.25) is 0 Å². The van der Waals surface area contributed by atoms with Crippen LogP contribution in [0.1, 0.15) is 23.0 Å². The Morgan fingerprint density at radius 3 is 2.49 bits per heavy atom. The minimum absolute atomic E-state index is 0.0869. The predicted octanol–water partition coefficient (Wildman–Crippen LogP) is 2.18. The number of rotatable bonds is 8. The predicted molar refractivity (Wildman–Crippen MR) is 129 cm³/mol. The Balaban J connectivity index is 1.84. The standard InChI is InChI=1S/C23H23FN8O3/c1-34-17-10-14(15(24)11-18(17)35-2)19(29-13-7-5-12(6-8-13)20(25)26)22-30-23(33)32(31-22)16-4-3-9-28-21(16)27/h3-11,19,29H,1-2H3,(H3,25,26)(H2,27,28)(H,30,31,33). The van der Waals surface area contributed by atoms with Crippen molar-refractivity contribution in [2.75, 3.05) is 25.3 Å². The van der Waals surface area contributed by atoms with Crippen LogP contribution in [0.15, 0.2) is 59.5 Å². The number of hydrogen-bond donors (Lipinski definition) is 5. The number of benzene rings is 2. The maximum atomic E-state index is 15.3. The van der Waals surface area contributed by atoms with Crippen molar-refractivity contribution in [3.63, 3.8) is 0 Å². The zero-order valence-corrected chi connectivity index (χ0v) is 18.9. The van der Waals surface area contributed by atoms with Crippen LogP contribution in [0, 0.1) is 11.2 Å². The average molecular weight is 478 g/mol. The number of aromatic nitrogens is 4. The highest BCUT2D eigenvalue weighted by atomic mass is 19.1. The van der Waals surface area contributed by atoms with Crippen molar-refractivity contribution in [1.29, 1.82) is 5.41 Å². The van der Waals surface area contributed by atoms with E-state index in [4.69, 9.17) is 26.4 Å². The van der Waals surface area contributed by atoms with Gasteiger partial charge in [0.15, 0.2) is 17.3 Å². The molecule has 2 aromatic carbocycles. The monoisotopic (exact) mass is 478 g/mol. The van der Waals surface area contributed by atoms with Gasteiger partial charge >= 0.3 is 5.69 Å². The fraction of sp³-hybridized carbons (Fsp3) is 0.130.